The first-order valence-electron chi connectivity index (χ1n) is 13.5. The molecule has 1 aliphatic rings. The zero-order chi connectivity index (χ0) is 26.6. The summed E-state index contributed by atoms with van der Waals surface area (Å²) in [6.07, 6.45) is 5.67. The van der Waals surface area contributed by atoms with Crippen LogP contribution in [0.1, 0.15) is 63.6 Å². The number of imidazole rings is 1. The number of nitrogens with one attached hydrogen (secondary N) is 3. The van der Waals surface area contributed by atoms with Crippen molar-refractivity contribution in [2.75, 3.05) is 10.6 Å². The van der Waals surface area contributed by atoms with Gasteiger partial charge in [0.15, 0.2) is 17.0 Å². The van der Waals surface area contributed by atoms with Gasteiger partial charge in [-0.15, -0.1) is 0 Å². The van der Waals surface area contributed by atoms with Crippen LogP contribution in [0.5, 0.6) is 0 Å². The quantitative estimate of drug-likeness (QED) is 0.274. The monoisotopic (exact) mass is 511 g/mol. The molecule has 0 atom stereocenters. The van der Waals surface area contributed by atoms with E-state index in [9.17, 15) is 4.79 Å². The van der Waals surface area contributed by atoms with E-state index >= 15 is 0 Å². The van der Waals surface area contributed by atoms with Gasteiger partial charge in [-0.1, -0.05) is 54.1 Å². The van der Waals surface area contributed by atoms with E-state index in [1.54, 1.807) is 6.92 Å². The fourth-order valence-corrected chi connectivity index (χ4v) is 5.08. The summed E-state index contributed by atoms with van der Waals surface area (Å²) in [4.78, 5) is 25.7. The van der Waals surface area contributed by atoms with Crippen LogP contribution < -0.4 is 16.0 Å². The average molecular weight is 512 g/mol. The van der Waals surface area contributed by atoms with Gasteiger partial charge in [0, 0.05) is 31.6 Å². The molecule has 8 nitrogen and oxygen atoms in total. The molecule has 2 aromatic carbocycles. The van der Waals surface area contributed by atoms with Crippen LogP contribution in [0.15, 0.2) is 54.9 Å². The van der Waals surface area contributed by atoms with Crippen molar-refractivity contribution in [1.29, 1.82) is 0 Å². The highest BCUT2D eigenvalue weighted by Crippen LogP contribution is 2.27. The number of anilines is 2. The number of carbonyl (C=O) groups is 1. The number of nitrogens with zero attached hydrogens (tertiary/aromatic N) is 4. The third kappa shape index (κ3) is 5.96. The van der Waals surface area contributed by atoms with Crippen molar-refractivity contribution < 1.29 is 4.79 Å². The molecule has 0 bridgehead atoms. The molecule has 0 aliphatic heterocycles. The van der Waals surface area contributed by atoms with Gasteiger partial charge >= 0.3 is 0 Å². The predicted molar refractivity (Wildman–Crippen MR) is 153 cm³/mol. The van der Waals surface area contributed by atoms with Gasteiger partial charge in [-0.3, -0.25) is 4.79 Å². The van der Waals surface area contributed by atoms with Crippen molar-refractivity contribution in [3.63, 3.8) is 0 Å². The summed E-state index contributed by atoms with van der Waals surface area (Å²) in [7, 11) is 0. The second-order valence-corrected chi connectivity index (χ2v) is 10.6. The lowest BCUT2D eigenvalue weighted by molar-refractivity contribution is -0.119. The Labute approximate surface area is 224 Å². The number of hydrogen-bond donors (Lipinski definition) is 3. The minimum absolute atomic E-state index is 0.0395. The third-order valence-corrected chi connectivity index (χ3v) is 7.24. The summed E-state index contributed by atoms with van der Waals surface area (Å²) >= 11 is 0. The molecular weight excluding hydrogens is 474 g/mol. The number of benzene rings is 2. The molecule has 2 aromatic heterocycles. The Morgan fingerprint density at radius 2 is 1.58 bits per heavy atom. The van der Waals surface area contributed by atoms with Crippen LogP contribution in [0.25, 0.3) is 22.3 Å². The normalized spacial score (nSPS) is 17.5. The number of hydrogen-bond acceptors (Lipinski definition) is 6. The Hall–Kier alpha value is -3.94. The highest BCUT2D eigenvalue weighted by Gasteiger charge is 2.23. The fraction of sp³-hybridized carbons (Fsp3) is 0.400. The summed E-state index contributed by atoms with van der Waals surface area (Å²) in [6.45, 7) is 8.57. The second kappa shape index (κ2) is 11.2. The average Bonchev–Trinajstić information content (AvgIpc) is 3.33. The van der Waals surface area contributed by atoms with E-state index < -0.39 is 0 Å². The number of aromatic nitrogens is 4. The van der Waals surface area contributed by atoms with E-state index in [1.807, 2.05) is 6.33 Å². The van der Waals surface area contributed by atoms with Crippen LogP contribution in [-0.2, 0) is 11.3 Å². The van der Waals surface area contributed by atoms with E-state index in [0.717, 1.165) is 42.7 Å². The Morgan fingerprint density at radius 1 is 0.947 bits per heavy atom. The fourth-order valence-electron chi connectivity index (χ4n) is 5.08. The van der Waals surface area contributed by atoms with Crippen molar-refractivity contribution in [1.82, 2.24) is 24.8 Å². The minimum atomic E-state index is 0.0395. The smallest absolute Gasteiger partial charge is 0.227 e. The van der Waals surface area contributed by atoms with Gasteiger partial charge in [0.2, 0.25) is 11.9 Å². The molecule has 198 valence electrons. The highest BCUT2D eigenvalue weighted by molar-refractivity contribution is 5.84. The first kappa shape index (κ1) is 25.7. The molecule has 1 fully saturated rings. The molecule has 1 amide bonds. The van der Waals surface area contributed by atoms with Crippen molar-refractivity contribution in [2.45, 2.75) is 78.0 Å². The molecule has 2 heterocycles. The van der Waals surface area contributed by atoms with E-state index in [0.29, 0.717) is 12.5 Å². The van der Waals surface area contributed by atoms with Gasteiger partial charge in [-0.2, -0.15) is 9.97 Å². The molecular formula is C30H37N7O. The largest absolute Gasteiger partial charge is 0.364 e. The SMILES string of the molecule is CC(=O)NC1CCC(Nc2nc(NCc3ccc(-c4ccc(C)cc4)cc3)c3ncn(C(C)C)c3n2)CC1. The summed E-state index contributed by atoms with van der Waals surface area (Å²) in [5.74, 6) is 1.38. The lowest BCUT2D eigenvalue weighted by atomic mass is 9.91. The van der Waals surface area contributed by atoms with Crippen LogP contribution in [0.3, 0.4) is 0 Å². The lowest BCUT2D eigenvalue weighted by Crippen LogP contribution is -2.39. The summed E-state index contributed by atoms with van der Waals surface area (Å²) in [5.41, 5.74) is 6.44. The molecule has 4 aromatic rings. The molecule has 3 N–H and O–H groups in total. The molecule has 8 heteroatoms. The maximum absolute atomic E-state index is 11.4. The Balaban J connectivity index is 1.32. The highest BCUT2D eigenvalue weighted by atomic mass is 16.1. The third-order valence-electron chi connectivity index (χ3n) is 7.24. The van der Waals surface area contributed by atoms with Crippen LogP contribution >= 0.6 is 0 Å². The Morgan fingerprint density at radius 3 is 2.21 bits per heavy atom. The zero-order valence-electron chi connectivity index (χ0n) is 22.7. The Kier molecular flexibility index (Phi) is 7.58. The summed E-state index contributed by atoms with van der Waals surface area (Å²) in [5, 5.41) is 10.1. The van der Waals surface area contributed by atoms with Crippen LogP contribution in [0, 0.1) is 6.92 Å². The van der Waals surface area contributed by atoms with Crippen LogP contribution in [-0.4, -0.2) is 37.5 Å². The van der Waals surface area contributed by atoms with Gasteiger partial charge in [0.1, 0.15) is 0 Å². The summed E-state index contributed by atoms with van der Waals surface area (Å²) in [6, 6.07) is 18.0. The molecule has 1 saturated carbocycles. The van der Waals surface area contributed by atoms with Crippen molar-refractivity contribution in [3.05, 3.63) is 66.0 Å². The van der Waals surface area contributed by atoms with Crippen LogP contribution in [0.4, 0.5) is 11.8 Å². The van der Waals surface area contributed by atoms with Gasteiger partial charge in [0.25, 0.3) is 0 Å². The van der Waals surface area contributed by atoms with Crippen molar-refractivity contribution in [3.8, 4) is 11.1 Å². The van der Waals surface area contributed by atoms with Crippen LogP contribution in [0.2, 0.25) is 0 Å². The molecule has 38 heavy (non-hydrogen) atoms. The van der Waals surface area contributed by atoms with Gasteiger partial charge in [-0.25, -0.2) is 4.98 Å². The first-order valence-corrected chi connectivity index (χ1v) is 13.5. The number of amides is 1. The van der Waals surface area contributed by atoms with E-state index in [4.69, 9.17) is 9.97 Å². The van der Waals surface area contributed by atoms with Gasteiger partial charge in [0.05, 0.1) is 6.33 Å². The summed E-state index contributed by atoms with van der Waals surface area (Å²) < 4.78 is 2.08. The number of aryl methyl sites for hydroxylation is 1. The topological polar surface area (TPSA) is 96.8 Å². The molecule has 0 saturated heterocycles. The Bertz CT molecular complexity index is 1380. The van der Waals surface area contributed by atoms with E-state index in [-0.39, 0.29) is 24.0 Å². The molecule has 0 radical (unpaired) electrons. The predicted octanol–water partition coefficient (Wildman–Crippen LogP) is 5.85. The number of carbonyl (C=O) groups excluding carboxylic acids is 1. The van der Waals surface area contributed by atoms with Crippen molar-refractivity contribution in [2.24, 2.45) is 0 Å². The van der Waals surface area contributed by atoms with E-state index in [2.05, 4.69) is 94.8 Å². The maximum atomic E-state index is 11.4. The van der Waals surface area contributed by atoms with E-state index in [1.165, 1.54) is 22.3 Å². The lowest BCUT2D eigenvalue weighted by Gasteiger charge is -2.29. The zero-order valence-corrected chi connectivity index (χ0v) is 22.7. The molecule has 0 spiro atoms. The molecule has 0 unspecified atom stereocenters. The number of rotatable bonds is 8. The molecule has 1 aliphatic carbocycles. The first-order chi connectivity index (χ1) is 18.4. The second-order valence-electron chi connectivity index (χ2n) is 10.6. The number of fused-ring (bicyclic) bond motifs is 1. The minimum Gasteiger partial charge on any atom is -0.364 e. The van der Waals surface area contributed by atoms with Gasteiger partial charge in [-0.05, 0) is 63.1 Å². The maximum Gasteiger partial charge on any atom is 0.227 e. The van der Waals surface area contributed by atoms with Crippen molar-refractivity contribution >= 4 is 28.8 Å². The molecule has 5 rings (SSSR count). The standard InChI is InChI=1S/C30H37N7O/c1-19(2)37-18-32-27-28(31-17-22-7-11-24(12-8-22)23-9-5-20(3)6-10-23)35-30(36-29(27)37)34-26-15-13-25(14-16-26)33-21(4)38/h5-12,18-19,25-26H,13-17H2,1-4H3,(H,33,38)(H2,31,34,35,36). The van der Waals surface area contributed by atoms with Gasteiger partial charge < -0.3 is 20.5 Å².